The van der Waals surface area contributed by atoms with Crippen LogP contribution >= 0.6 is 0 Å². The summed E-state index contributed by atoms with van der Waals surface area (Å²) in [5.41, 5.74) is 3.56. The minimum absolute atomic E-state index is 0.0890. The van der Waals surface area contributed by atoms with E-state index >= 15 is 0 Å². The van der Waals surface area contributed by atoms with Gasteiger partial charge in [-0.15, -0.1) is 0 Å². The van der Waals surface area contributed by atoms with Gasteiger partial charge in [-0.2, -0.15) is 10.2 Å². The zero-order valence-corrected chi connectivity index (χ0v) is 15.9. The first-order valence-electron chi connectivity index (χ1n) is 10.1. The number of aromatic nitrogens is 2. The molecule has 0 atom stereocenters. The molecule has 0 aliphatic carbocycles. The Morgan fingerprint density at radius 2 is 1.89 bits per heavy atom. The number of benzene rings is 2. The van der Waals surface area contributed by atoms with Gasteiger partial charge in [0.25, 0.3) is 0 Å². The van der Waals surface area contributed by atoms with Crippen LogP contribution in [0.25, 0.3) is 11.3 Å². The molecule has 0 bridgehead atoms. The maximum Gasteiger partial charge on any atom is 0.438 e. The molecule has 28 heavy (non-hydrogen) atoms. The Morgan fingerprint density at radius 1 is 1.18 bits per heavy atom. The lowest BCUT2D eigenvalue weighted by molar-refractivity contribution is 0.115. The van der Waals surface area contributed by atoms with Gasteiger partial charge in [0, 0.05) is 23.7 Å². The minimum Gasteiger partial charge on any atom is -0.473 e. The second-order valence-electron chi connectivity index (χ2n) is 6.03. The van der Waals surface area contributed by atoms with Gasteiger partial charge in [-0.25, -0.2) is 9.48 Å². The number of hydrogen-bond donors (Lipinski definition) is 0. The fourth-order valence-electron chi connectivity index (χ4n) is 2.98. The van der Waals surface area contributed by atoms with Gasteiger partial charge in [-0.3, -0.25) is 4.84 Å². The van der Waals surface area contributed by atoms with E-state index in [4.69, 9.17) is 13.7 Å². The monoisotopic (exact) mass is 384 g/mol. The number of nitrogens with zero attached hydrogens (tertiary/aromatic N) is 3. The highest BCUT2D eigenvalue weighted by molar-refractivity contribution is 5.86. The van der Waals surface area contributed by atoms with E-state index in [1.165, 1.54) is 7.11 Å². The summed E-state index contributed by atoms with van der Waals surface area (Å²) in [6.07, 6.45) is -1.15. The number of anilines is 1. The number of hydroxylamine groups is 1. The van der Waals surface area contributed by atoms with E-state index in [-0.39, 0.29) is 6.61 Å². The highest BCUT2D eigenvalue weighted by Gasteiger charge is 2.20. The molecule has 7 nitrogen and oxygen atoms in total. The Labute approximate surface area is 168 Å². The highest BCUT2D eigenvalue weighted by Crippen LogP contribution is 2.30. The topological polar surface area (TPSA) is 65.8 Å². The van der Waals surface area contributed by atoms with Gasteiger partial charge in [0.2, 0.25) is 5.88 Å². The fraction of sp³-hybridized carbons (Fsp3) is 0.238. The molecule has 2 aromatic carbocycles. The number of carbonyl (C=O) groups excluding carboxylic acids is 1. The van der Waals surface area contributed by atoms with Crippen LogP contribution in [-0.2, 0) is 23.2 Å². The summed E-state index contributed by atoms with van der Waals surface area (Å²) in [5.74, 6) is 0.572. The van der Waals surface area contributed by atoms with Gasteiger partial charge >= 0.3 is 6.09 Å². The van der Waals surface area contributed by atoms with Crippen molar-refractivity contribution in [1.82, 2.24) is 9.78 Å². The number of rotatable bonds is 6. The van der Waals surface area contributed by atoms with Crippen LogP contribution in [0.4, 0.5) is 10.5 Å². The molecule has 0 saturated heterocycles. The Kier molecular flexibility index (Phi) is 4.81. The second kappa shape index (κ2) is 8.58. The van der Waals surface area contributed by atoms with Crippen LogP contribution in [0, 0.1) is 6.92 Å². The fourth-order valence-corrected chi connectivity index (χ4v) is 2.98. The number of methoxy groups -OCH3 is 1. The molecule has 0 radical (unpaired) electrons. The van der Waals surface area contributed by atoms with Crippen molar-refractivity contribution in [2.24, 2.45) is 7.05 Å². The molecule has 7 heteroatoms. The molecule has 0 saturated carbocycles. The van der Waals surface area contributed by atoms with Gasteiger partial charge in [0.15, 0.2) is 0 Å². The van der Waals surface area contributed by atoms with E-state index in [0.717, 1.165) is 21.9 Å². The number of para-hydroxylation sites is 1. The van der Waals surface area contributed by atoms with Crippen molar-refractivity contribution >= 4 is 11.8 Å². The SMILES string of the molecule is [2H]C([2H])([2H])OC(=O)N(OC)c1ccccc1COc1c(C)c(-c2ccccc2)nn1C. The molecular weight excluding hydrogens is 358 g/mol. The van der Waals surface area contributed by atoms with Gasteiger partial charge in [-0.1, -0.05) is 48.5 Å². The van der Waals surface area contributed by atoms with E-state index in [0.29, 0.717) is 17.1 Å². The van der Waals surface area contributed by atoms with Gasteiger partial charge in [-0.05, 0) is 13.0 Å². The molecule has 0 aliphatic heterocycles. The third-order valence-corrected chi connectivity index (χ3v) is 4.28. The quantitative estimate of drug-likeness (QED) is 0.599. The normalized spacial score (nSPS) is 12.6. The van der Waals surface area contributed by atoms with Crippen molar-refractivity contribution in [1.29, 1.82) is 0 Å². The summed E-state index contributed by atoms with van der Waals surface area (Å²) in [6.45, 7) is 2.01. The van der Waals surface area contributed by atoms with Crippen LogP contribution in [0.3, 0.4) is 0 Å². The number of ether oxygens (including phenoxy) is 2. The molecule has 146 valence electrons. The Morgan fingerprint density at radius 3 is 2.61 bits per heavy atom. The molecule has 3 rings (SSSR count). The molecule has 3 aromatic rings. The van der Waals surface area contributed by atoms with Crippen LogP contribution in [0.5, 0.6) is 5.88 Å². The van der Waals surface area contributed by atoms with E-state index in [9.17, 15) is 4.79 Å². The number of hydrogen-bond acceptors (Lipinski definition) is 5. The average molecular weight is 384 g/mol. The molecule has 1 heterocycles. The molecule has 0 unspecified atom stereocenters. The van der Waals surface area contributed by atoms with Crippen molar-refractivity contribution in [3.05, 3.63) is 65.7 Å². The summed E-state index contributed by atoms with van der Waals surface area (Å²) >= 11 is 0. The van der Waals surface area contributed by atoms with Crippen molar-refractivity contribution in [3.8, 4) is 17.1 Å². The molecule has 0 spiro atoms. The third kappa shape index (κ3) is 3.84. The summed E-state index contributed by atoms with van der Waals surface area (Å²) < 4.78 is 33.5. The average Bonchev–Trinajstić information content (AvgIpc) is 3.01. The minimum atomic E-state index is -2.89. The third-order valence-electron chi connectivity index (χ3n) is 4.28. The summed E-state index contributed by atoms with van der Waals surface area (Å²) in [6, 6.07) is 16.6. The van der Waals surface area contributed by atoms with Gasteiger partial charge in [0.1, 0.15) is 6.61 Å². The Hall–Kier alpha value is -3.32. The first-order valence-corrected chi connectivity index (χ1v) is 8.58. The van der Waals surface area contributed by atoms with E-state index in [1.54, 1.807) is 36.0 Å². The maximum absolute atomic E-state index is 12.2. The smallest absolute Gasteiger partial charge is 0.438 e. The summed E-state index contributed by atoms with van der Waals surface area (Å²) in [5, 5.41) is 5.33. The summed E-state index contributed by atoms with van der Waals surface area (Å²) in [7, 11) is 0.143. The molecular formula is C21H23N3O4. The largest absolute Gasteiger partial charge is 0.473 e. The van der Waals surface area contributed by atoms with Gasteiger partial charge < -0.3 is 9.47 Å². The molecule has 0 fully saturated rings. The molecule has 1 amide bonds. The van der Waals surface area contributed by atoms with Crippen molar-refractivity contribution in [3.63, 3.8) is 0 Å². The van der Waals surface area contributed by atoms with E-state index in [2.05, 4.69) is 9.84 Å². The maximum atomic E-state index is 12.2. The second-order valence-corrected chi connectivity index (χ2v) is 6.03. The number of amides is 1. The lowest BCUT2D eigenvalue weighted by atomic mass is 10.1. The number of carbonyl (C=O) groups is 1. The Bertz CT molecular complexity index is 1050. The van der Waals surface area contributed by atoms with E-state index in [1.807, 2.05) is 37.3 Å². The molecule has 1 aromatic heterocycles. The van der Waals surface area contributed by atoms with Crippen LogP contribution in [0.1, 0.15) is 15.2 Å². The van der Waals surface area contributed by atoms with Crippen molar-refractivity contribution in [2.45, 2.75) is 13.5 Å². The lowest BCUT2D eigenvalue weighted by Crippen LogP contribution is -2.30. The lowest BCUT2D eigenvalue weighted by Gasteiger charge is -2.21. The van der Waals surface area contributed by atoms with Crippen LogP contribution in [-0.4, -0.2) is 30.0 Å². The highest BCUT2D eigenvalue weighted by atomic mass is 16.7. The zero-order valence-electron chi connectivity index (χ0n) is 18.9. The zero-order chi connectivity index (χ0) is 22.6. The first kappa shape index (κ1) is 15.7. The molecule has 0 aliphatic rings. The van der Waals surface area contributed by atoms with Crippen molar-refractivity contribution < 1.29 is 23.2 Å². The predicted molar refractivity (Wildman–Crippen MR) is 106 cm³/mol. The van der Waals surface area contributed by atoms with Crippen molar-refractivity contribution in [2.75, 3.05) is 19.2 Å². The Balaban J connectivity index is 1.84. The summed E-state index contributed by atoms with van der Waals surface area (Å²) in [4.78, 5) is 17.3. The van der Waals surface area contributed by atoms with E-state index < -0.39 is 13.1 Å². The number of aryl methyl sites for hydroxylation is 1. The molecule has 0 N–H and O–H groups in total. The first-order chi connectivity index (χ1) is 14.7. The van der Waals surface area contributed by atoms with Crippen LogP contribution < -0.4 is 9.80 Å². The predicted octanol–water partition coefficient (Wildman–Crippen LogP) is 4.11. The standard InChI is InChI=1S/C21H23N3O4/c1-15-19(16-10-6-5-7-11-16)22-23(2)20(15)28-14-17-12-8-9-13-18(17)24(27-4)21(25)26-3/h5-13H,14H2,1-4H3/i3D3. The van der Waals surface area contributed by atoms with Gasteiger partial charge in [0.05, 0.1) is 29.6 Å². The van der Waals surface area contributed by atoms with Crippen LogP contribution in [0.15, 0.2) is 54.6 Å². The van der Waals surface area contributed by atoms with Crippen LogP contribution in [0.2, 0.25) is 0 Å².